The van der Waals surface area contributed by atoms with E-state index in [1.54, 1.807) is 11.1 Å². The number of fused-ring (bicyclic) bond motifs is 1. The number of rotatable bonds is 23. The smallest absolute Gasteiger partial charge is 0.726 e. The van der Waals surface area contributed by atoms with E-state index in [1.165, 1.54) is 16.5 Å². The van der Waals surface area contributed by atoms with Crippen molar-refractivity contribution in [2.24, 2.45) is 11.8 Å². The molecule has 4 unspecified atom stereocenters. The van der Waals surface area contributed by atoms with E-state index >= 15 is 0 Å². The molecule has 0 aromatic carbocycles. The maximum atomic E-state index is 14.3. The third kappa shape index (κ3) is 22.7. The largest absolute Gasteiger partial charge is 1.00 e. The van der Waals surface area contributed by atoms with E-state index in [-0.39, 0.29) is 170 Å². The number of nitrogens with one attached hydrogen (secondary N) is 1. The normalized spacial score (nSPS) is 29.4. The van der Waals surface area contributed by atoms with E-state index in [0.29, 0.717) is 50.9 Å². The summed E-state index contributed by atoms with van der Waals surface area (Å²) in [5, 5.41) is 51.2. The predicted molar refractivity (Wildman–Crippen MR) is 225 cm³/mol. The Hall–Kier alpha value is -1.09. The van der Waals surface area contributed by atoms with Crippen LogP contribution in [0.2, 0.25) is 0 Å². The number of carboxylic acid groups (broad SMARTS) is 1. The van der Waals surface area contributed by atoms with Crippen LogP contribution in [0.1, 0.15) is 71.4 Å². The molecule has 28 nitrogen and oxygen atoms in total. The average molecular weight is 1120 g/mol. The molecule has 34 heteroatoms. The molecule has 400 valence electrons. The summed E-state index contributed by atoms with van der Waals surface area (Å²) in [6.45, 7) is 9.61. The predicted octanol–water partition coefficient (Wildman–Crippen LogP) is -12.4. The van der Waals surface area contributed by atoms with Gasteiger partial charge in [0.15, 0.2) is 6.29 Å². The first-order valence-corrected chi connectivity index (χ1v) is 24.4. The number of alkyl halides is 1. The van der Waals surface area contributed by atoms with Gasteiger partial charge in [0.2, 0.25) is 28.1 Å². The Morgan fingerprint density at radius 2 is 1.48 bits per heavy atom. The van der Waals surface area contributed by atoms with Crippen LogP contribution in [0, 0.1) is 18.8 Å². The molecule has 1 aromatic rings. The van der Waals surface area contributed by atoms with Crippen molar-refractivity contribution in [3.8, 4) is 0 Å². The minimum absolute atomic E-state index is 0. The van der Waals surface area contributed by atoms with Gasteiger partial charge in [-0.15, -0.1) is 17.7 Å². The summed E-state index contributed by atoms with van der Waals surface area (Å²) in [5.74, 6) is -3.38. The van der Waals surface area contributed by atoms with Gasteiger partial charge in [-0.05, 0) is 45.1 Å². The second-order valence-corrected chi connectivity index (χ2v) is 17.7. The Balaban J connectivity index is 0.00000397. The fourth-order valence-corrected chi connectivity index (χ4v) is 8.05. The zero-order valence-corrected chi connectivity index (χ0v) is 49.0. The van der Waals surface area contributed by atoms with E-state index in [2.05, 4.69) is 17.2 Å². The minimum atomic E-state index is -4.92. The number of ketones is 1. The second kappa shape index (κ2) is 34.7. The number of imide groups is 1. The summed E-state index contributed by atoms with van der Waals surface area (Å²) in [6.07, 6.45) is -11.9. The molecular weight excluding hydrogens is 1060 g/mol. The van der Waals surface area contributed by atoms with Crippen molar-refractivity contribution < 1.29 is 196 Å². The fraction of sp³-hybridized carbons (Fsp3) is 0.795. The number of aliphatic hydroxyl groups excluding tert-OH is 3. The van der Waals surface area contributed by atoms with Crippen LogP contribution in [0.15, 0.2) is 6.20 Å². The monoisotopic (exact) mass is 1120 g/mol. The van der Waals surface area contributed by atoms with Crippen molar-refractivity contribution in [3.63, 3.8) is 0 Å². The molecule has 1 aromatic heterocycles. The standard InChI is InChI=1S/C39H59FN6O15.3Na.H2O4S.O3S/c1-5-23-26-27(24(6-2)59-23)36(53)46(35(26)52)13-9-7-8-12-44(25(48)11-10-20(3)47)18-22-19-45(43-42-22)14-15-56-16-17-57-39-32(51)31(50)33(34(61-39)37(54)55)60-38-29(41)28(40)30(49)21(4)58-38;;;;1-5(2,3)4;1-4(2)3/h19,21,23-24,26-34,38-39,41,49-51H,4-18H2,1-3H3,(H,54,55);;;;(H2,1,2,3,4);/q-2;3*+1;;/p-2/t21?,23-,24+,26+,27-,28-,29?,30-,31-,32?,33+,34?,38-,39-;;;;;/m1...../s1. The molecule has 0 aliphatic carbocycles. The quantitative estimate of drug-likeness (QED) is 0.0197. The van der Waals surface area contributed by atoms with Crippen molar-refractivity contribution in [1.29, 1.82) is 0 Å². The molecule has 4 saturated heterocycles. The molecule has 73 heavy (non-hydrogen) atoms. The molecule has 14 atom stereocenters. The number of carboxylic acids is 1. The van der Waals surface area contributed by atoms with Gasteiger partial charge in [-0.3, -0.25) is 23.8 Å². The number of hydrogen-bond donors (Lipinski definition) is 4. The first-order valence-electron chi connectivity index (χ1n) is 22.0. The molecule has 0 saturated carbocycles. The van der Waals surface area contributed by atoms with E-state index in [0.717, 1.165) is 0 Å². The zero-order valence-electron chi connectivity index (χ0n) is 41.3. The van der Waals surface area contributed by atoms with Crippen LogP contribution in [-0.2, 0) is 86.5 Å². The molecule has 0 radical (unpaired) electrons. The van der Waals surface area contributed by atoms with Crippen LogP contribution in [0.5, 0.6) is 0 Å². The maximum Gasteiger partial charge on any atom is 1.00 e. The van der Waals surface area contributed by atoms with E-state index < -0.39 is 100 Å². The SMILES string of the molecule is O=S(=O)([O-])O.O=S(=O)=O.[CH2-]C1O[C@H](O[C@@H]2C(C(=O)[O-])O[C@@H](OCCOCCn3cc(CN(CCCCCN4C(=O)[C@@H]5[C@H](C4=O)[C@H](CC)O[C@@H]5CC)C(=O)CCC(C)=O)nn3)C(O)[C@H]2O)C([NH-])[C@@H](F)[C@@H]1O.[Na+].[Na+].[Na+]. The molecular formula is C39H59FN6Na3O22S2-. The molecule has 4 aliphatic rings. The van der Waals surface area contributed by atoms with Gasteiger partial charge in [0.1, 0.15) is 48.4 Å². The van der Waals surface area contributed by atoms with Gasteiger partial charge in [0.25, 0.3) is 0 Å². The number of ether oxygens (including phenoxy) is 6. The Labute approximate surface area is 488 Å². The summed E-state index contributed by atoms with van der Waals surface area (Å²) in [6, 6.07) is -1.83. The third-order valence-electron chi connectivity index (χ3n) is 11.4. The average Bonchev–Trinajstić information content (AvgIpc) is 3.96. The first-order chi connectivity index (χ1) is 32.8. The number of Topliss-reactive ketones (excluding diaryl/α,β-unsaturated/α-hetero) is 1. The van der Waals surface area contributed by atoms with E-state index in [1.807, 2.05) is 13.8 Å². The molecule has 5 heterocycles. The number of likely N-dealkylation sites (tertiary alicyclic amines) is 1. The summed E-state index contributed by atoms with van der Waals surface area (Å²) in [4.78, 5) is 66.0. The molecule has 4 fully saturated rings. The molecule has 3 amide bonds. The Bertz CT molecular complexity index is 2100. The van der Waals surface area contributed by atoms with Crippen LogP contribution in [0.3, 0.4) is 0 Å². The molecule has 5 N–H and O–H groups in total. The number of unbranched alkanes of at least 4 members (excludes halogenated alkanes) is 2. The Kier molecular flexibility index (Phi) is 34.2. The number of halogens is 1. The van der Waals surface area contributed by atoms with Crippen molar-refractivity contribution in [3.05, 3.63) is 24.5 Å². The third-order valence-corrected chi connectivity index (χ3v) is 11.4. The molecule has 0 bridgehead atoms. The number of amides is 3. The number of aliphatic carboxylic acids is 1. The summed E-state index contributed by atoms with van der Waals surface area (Å²) >= 11 is 0. The Morgan fingerprint density at radius 3 is 2.01 bits per heavy atom. The van der Waals surface area contributed by atoms with Crippen molar-refractivity contribution >= 4 is 50.5 Å². The number of aliphatic hydroxyl groups is 3. The van der Waals surface area contributed by atoms with Gasteiger partial charge in [-0.25, -0.2) is 17.5 Å². The van der Waals surface area contributed by atoms with Crippen LogP contribution in [0.25, 0.3) is 5.73 Å². The summed E-state index contributed by atoms with van der Waals surface area (Å²) in [7, 11) is -8.03. The minimum Gasteiger partial charge on any atom is -0.726 e. The second-order valence-electron chi connectivity index (χ2n) is 16.4. The summed E-state index contributed by atoms with van der Waals surface area (Å²) < 4.78 is 107. The maximum absolute atomic E-state index is 14.3. The number of hydrogen-bond acceptors (Lipinski definition) is 23. The van der Waals surface area contributed by atoms with Crippen LogP contribution >= 0.6 is 0 Å². The van der Waals surface area contributed by atoms with E-state index in [4.69, 9.17) is 64.3 Å². The first kappa shape index (κ1) is 71.9. The van der Waals surface area contributed by atoms with Gasteiger partial charge in [-0.1, -0.05) is 25.1 Å². The van der Waals surface area contributed by atoms with E-state index in [9.17, 15) is 48.8 Å². The number of carbonyl (C=O) groups excluding carboxylic acids is 5. The number of nitrogens with zero attached hydrogens (tertiary/aromatic N) is 5. The number of aromatic nitrogens is 3. The molecule has 0 spiro atoms. The van der Waals surface area contributed by atoms with Gasteiger partial charge in [-0.2, -0.15) is 0 Å². The van der Waals surface area contributed by atoms with Crippen LogP contribution in [0.4, 0.5) is 4.39 Å². The van der Waals surface area contributed by atoms with Crippen LogP contribution in [-0.4, -0.2) is 206 Å². The number of carbonyl (C=O) groups is 5. The zero-order chi connectivity index (χ0) is 52.6. The molecule has 5 rings (SSSR count). The van der Waals surface area contributed by atoms with Crippen molar-refractivity contribution in [1.82, 2.24) is 24.8 Å². The van der Waals surface area contributed by atoms with Gasteiger partial charge in [0, 0.05) is 25.9 Å². The molecule has 4 aliphatic heterocycles. The Morgan fingerprint density at radius 1 is 0.904 bits per heavy atom. The van der Waals surface area contributed by atoms with Crippen LogP contribution < -0.4 is 93.8 Å². The van der Waals surface area contributed by atoms with Gasteiger partial charge >= 0.3 is 99.3 Å². The fourth-order valence-electron chi connectivity index (χ4n) is 8.05. The summed E-state index contributed by atoms with van der Waals surface area (Å²) in [5.41, 5.74) is 8.41. The topological polar surface area (TPSA) is 414 Å². The van der Waals surface area contributed by atoms with Gasteiger partial charge < -0.3 is 80.5 Å². The van der Waals surface area contributed by atoms with Gasteiger partial charge in [0.05, 0.1) is 75.2 Å². The van der Waals surface area contributed by atoms with Crippen molar-refractivity contribution in [2.45, 2.75) is 152 Å². The van der Waals surface area contributed by atoms with Crippen molar-refractivity contribution in [2.75, 3.05) is 32.9 Å².